The zero-order chi connectivity index (χ0) is 25.0. The molecule has 1 aliphatic heterocycles. The first-order chi connectivity index (χ1) is 17.4. The Hall–Kier alpha value is -4.37. The normalized spacial score (nSPS) is 14.9. The molecule has 1 N–H and O–H groups in total. The summed E-state index contributed by atoms with van der Waals surface area (Å²) in [6, 6.07) is 19.8. The third kappa shape index (κ3) is 3.64. The van der Waals surface area contributed by atoms with E-state index in [0.717, 1.165) is 31.5 Å². The second-order valence-corrected chi connectivity index (χ2v) is 9.39. The number of amides is 2. The second kappa shape index (κ2) is 8.39. The fraction of sp³-hybridized carbons (Fsp3) is 0.0741. The Kier molecular flexibility index (Phi) is 5.15. The van der Waals surface area contributed by atoms with Gasteiger partial charge < -0.3 is 9.67 Å². The molecule has 0 saturated heterocycles. The first kappa shape index (κ1) is 22.1. The summed E-state index contributed by atoms with van der Waals surface area (Å²) in [5.41, 5.74) is 4.98. The molecular weight excluding hydrogens is 522 g/mol. The highest BCUT2D eigenvalue weighted by Gasteiger charge is 2.33. The van der Waals surface area contributed by atoms with Gasteiger partial charge >= 0.3 is 0 Å². The summed E-state index contributed by atoms with van der Waals surface area (Å²) >= 11 is 3.52. The molecule has 0 radical (unpaired) electrons. The number of rotatable bonds is 3. The number of fused-ring (bicyclic) bond motifs is 4. The van der Waals surface area contributed by atoms with Gasteiger partial charge in [0, 0.05) is 9.86 Å². The van der Waals surface area contributed by atoms with Gasteiger partial charge in [0.25, 0.3) is 11.8 Å². The summed E-state index contributed by atoms with van der Waals surface area (Å²) in [6.45, 7) is 1.55. The van der Waals surface area contributed by atoms with Crippen molar-refractivity contribution < 1.29 is 14.7 Å². The maximum absolute atomic E-state index is 13.4. The third-order valence-corrected chi connectivity index (χ3v) is 6.60. The van der Waals surface area contributed by atoms with Crippen molar-refractivity contribution in [3.05, 3.63) is 82.3 Å². The first-order valence-corrected chi connectivity index (χ1v) is 12.0. The Bertz CT molecular complexity index is 1790. The molecule has 0 bridgehead atoms. The molecular formula is C27H18BrN5O3. The smallest absolute Gasteiger partial charge is 0.283 e. The molecule has 0 atom stereocenters. The monoisotopic (exact) mass is 539 g/mol. The largest absolute Gasteiger partial charge is 0.508 e. The van der Waals surface area contributed by atoms with E-state index in [4.69, 9.17) is 9.97 Å². The number of hydrogen-bond donors (Lipinski definition) is 1. The molecule has 9 heteroatoms. The van der Waals surface area contributed by atoms with Crippen molar-refractivity contribution >= 4 is 72.6 Å². The van der Waals surface area contributed by atoms with Crippen LogP contribution in [0.5, 0.6) is 5.75 Å². The second-order valence-electron chi connectivity index (χ2n) is 8.48. The average molecular weight is 540 g/mol. The molecule has 0 unspecified atom stereocenters. The summed E-state index contributed by atoms with van der Waals surface area (Å²) in [7, 11) is 0. The number of carbonyl (C=O) groups excluding carboxylic acids is 2. The number of aromatic nitrogens is 3. The lowest BCUT2D eigenvalue weighted by molar-refractivity contribution is -0.141. The van der Waals surface area contributed by atoms with E-state index in [9.17, 15) is 14.7 Å². The number of hydrogen-bond acceptors (Lipinski definition) is 6. The number of imide groups is 1. The van der Waals surface area contributed by atoms with Crippen molar-refractivity contribution in [2.45, 2.75) is 13.5 Å². The lowest BCUT2D eigenvalue weighted by Crippen LogP contribution is -2.32. The number of halogens is 1. The van der Waals surface area contributed by atoms with Crippen molar-refractivity contribution in [3.8, 4) is 5.75 Å². The van der Waals surface area contributed by atoms with Gasteiger partial charge in [-0.1, -0.05) is 40.2 Å². The van der Waals surface area contributed by atoms with E-state index in [1.165, 1.54) is 12.1 Å². The van der Waals surface area contributed by atoms with E-state index in [1.807, 2.05) is 42.5 Å². The highest BCUT2D eigenvalue weighted by molar-refractivity contribution is 9.10. The SMILES string of the molecule is CC1=NN(C(=O)Cn2c3ccc(Br)cc3c3nc4ccccc4nc32)C(=O)C1=Cc1ccc(O)cc1. The molecule has 0 spiro atoms. The highest BCUT2D eigenvalue weighted by Crippen LogP contribution is 2.31. The van der Waals surface area contributed by atoms with Crippen LogP contribution in [-0.2, 0) is 16.1 Å². The molecule has 0 aliphatic carbocycles. The molecule has 0 saturated carbocycles. The van der Waals surface area contributed by atoms with Gasteiger partial charge in [0.05, 0.1) is 27.8 Å². The predicted molar refractivity (Wildman–Crippen MR) is 141 cm³/mol. The van der Waals surface area contributed by atoms with Crippen LogP contribution in [0, 0.1) is 0 Å². The van der Waals surface area contributed by atoms with Crippen molar-refractivity contribution in [2.75, 3.05) is 0 Å². The molecule has 5 aromatic rings. The standard InChI is InChI=1S/C27H18BrN5O3/c1-15-19(12-16-6-9-18(34)10-7-16)27(36)33(31-15)24(35)14-32-23-11-8-17(28)13-20(23)25-26(32)30-22-5-3-2-4-21(22)29-25/h2-13,34H,14H2,1H3. The van der Waals surface area contributed by atoms with Crippen molar-refractivity contribution in [1.82, 2.24) is 19.5 Å². The molecule has 176 valence electrons. The topological polar surface area (TPSA) is 101 Å². The number of aromatic hydroxyl groups is 1. The van der Waals surface area contributed by atoms with E-state index in [1.54, 1.807) is 29.7 Å². The molecule has 3 aromatic carbocycles. The van der Waals surface area contributed by atoms with Gasteiger partial charge in [-0.3, -0.25) is 9.59 Å². The Morgan fingerprint density at radius 1 is 1.03 bits per heavy atom. The number of para-hydroxylation sites is 2. The van der Waals surface area contributed by atoms with Crippen LogP contribution in [0.15, 0.2) is 81.9 Å². The van der Waals surface area contributed by atoms with Crippen LogP contribution in [-0.4, -0.2) is 42.2 Å². The quantitative estimate of drug-likeness (QED) is 0.324. The zero-order valence-electron chi connectivity index (χ0n) is 19.0. The molecule has 0 fully saturated rings. The Morgan fingerprint density at radius 3 is 2.50 bits per heavy atom. The summed E-state index contributed by atoms with van der Waals surface area (Å²) in [4.78, 5) is 36.1. The van der Waals surface area contributed by atoms with Crippen molar-refractivity contribution in [3.63, 3.8) is 0 Å². The third-order valence-electron chi connectivity index (χ3n) is 6.11. The maximum Gasteiger partial charge on any atom is 0.283 e. The van der Waals surface area contributed by atoms with Crippen LogP contribution < -0.4 is 0 Å². The Labute approximate surface area is 213 Å². The minimum absolute atomic E-state index is 0.131. The summed E-state index contributed by atoms with van der Waals surface area (Å²) < 4.78 is 2.66. The number of benzene rings is 3. The van der Waals surface area contributed by atoms with E-state index in [2.05, 4.69) is 21.0 Å². The average Bonchev–Trinajstić information content (AvgIpc) is 3.32. The molecule has 3 heterocycles. The number of phenols is 1. The molecule has 1 aliphatic rings. The van der Waals surface area contributed by atoms with Gasteiger partial charge in [-0.2, -0.15) is 10.1 Å². The van der Waals surface area contributed by atoms with Crippen LogP contribution in [0.25, 0.3) is 39.2 Å². The molecule has 2 amide bonds. The van der Waals surface area contributed by atoms with E-state index < -0.39 is 11.8 Å². The van der Waals surface area contributed by atoms with E-state index >= 15 is 0 Å². The van der Waals surface area contributed by atoms with Crippen LogP contribution >= 0.6 is 15.9 Å². The van der Waals surface area contributed by atoms with Crippen LogP contribution in [0.4, 0.5) is 0 Å². The lowest BCUT2D eigenvalue weighted by Gasteiger charge is -2.12. The number of nitrogens with zero attached hydrogens (tertiary/aromatic N) is 5. The minimum Gasteiger partial charge on any atom is -0.508 e. The molecule has 6 rings (SSSR count). The fourth-order valence-electron chi connectivity index (χ4n) is 4.36. The van der Waals surface area contributed by atoms with Crippen molar-refractivity contribution in [1.29, 1.82) is 0 Å². The molecule has 8 nitrogen and oxygen atoms in total. The number of phenolic OH excluding ortho intramolecular Hbond substituents is 1. The van der Waals surface area contributed by atoms with Crippen molar-refractivity contribution in [2.24, 2.45) is 5.10 Å². The first-order valence-electron chi connectivity index (χ1n) is 11.2. The number of carbonyl (C=O) groups is 2. The summed E-state index contributed by atoms with van der Waals surface area (Å²) in [6.07, 6.45) is 1.66. The molecule has 2 aromatic heterocycles. The van der Waals surface area contributed by atoms with E-state index in [0.29, 0.717) is 28.0 Å². The van der Waals surface area contributed by atoms with Gasteiger partial charge in [0.1, 0.15) is 17.8 Å². The zero-order valence-corrected chi connectivity index (χ0v) is 20.6. The minimum atomic E-state index is -0.495. The van der Waals surface area contributed by atoms with Crippen LogP contribution in [0.2, 0.25) is 0 Å². The van der Waals surface area contributed by atoms with Gasteiger partial charge in [-0.15, -0.1) is 0 Å². The Morgan fingerprint density at radius 2 is 1.75 bits per heavy atom. The molecule has 36 heavy (non-hydrogen) atoms. The van der Waals surface area contributed by atoms with Crippen LogP contribution in [0.3, 0.4) is 0 Å². The fourth-order valence-corrected chi connectivity index (χ4v) is 4.72. The predicted octanol–water partition coefficient (Wildman–Crippen LogP) is 5.03. The Balaban J connectivity index is 1.40. The van der Waals surface area contributed by atoms with E-state index in [-0.39, 0.29) is 12.3 Å². The summed E-state index contributed by atoms with van der Waals surface area (Å²) in [5.74, 6) is -0.845. The van der Waals surface area contributed by atoms with Gasteiger partial charge in [0.2, 0.25) is 0 Å². The lowest BCUT2D eigenvalue weighted by atomic mass is 10.1. The summed E-state index contributed by atoms with van der Waals surface area (Å²) in [5, 5.41) is 15.5. The highest BCUT2D eigenvalue weighted by atomic mass is 79.9. The van der Waals surface area contributed by atoms with Gasteiger partial charge in [0.15, 0.2) is 5.65 Å². The van der Waals surface area contributed by atoms with Gasteiger partial charge in [-0.25, -0.2) is 9.97 Å². The maximum atomic E-state index is 13.4. The number of hydrazone groups is 1. The van der Waals surface area contributed by atoms with Crippen LogP contribution in [0.1, 0.15) is 12.5 Å². The van der Waals surface area contributed by atoms with Gasteiger partial charge in [-0.05, 0) is 61.0 Å².